The van der Waals surface area contributed by atoms with Crippen molar-refractivity contribution < 1.29 is 0 Å². The molecule has 0 saturated carbocycles. The summed E-state index contributed by atoms with van der Waals surface area (Å²) in [5, 5.41) is 8.79. The number of hydrogen-bond acceptors (Lipinski definition) is 3. The number of anilines is 1. The molecule has 0 aliphatic carbocycles. The number of aromatic nitrogens is 2. The number of nitrogens with two attached hydrogens (primary N) is 1. The molecule has 2 aromatic rings. The van der Waals surface area contributed by atoms with Crippen LogP contribution in [0.5, 0.6) is 0 Å². The van der Waals surface area contributed by atoms with Crippen molar-refractivity contribution in [2.75, 3.05) is 5.73 Å². The predicted octanol–water partition coefficient (Wildman–Crippen LogP) is 1.78. The highest BCUT2D eigenvalue weighted by atomic mass is 79.9. The van der Waals surface area contributed by atoms with Crippen LogP contribution in [-0.2, 0) is 0 Å². The van der Waals surface area contributed by atoms with Gasteiger partial charge in [0, 0.05) is 0 Å². The lowest BCUT2D eigenvalue weighted by Gasteiger charge is -1.89. The van der Waals surface area contributed by atoms with Gasteiger partial charge in [-0.2, -0.15) is 5.26 Å². The molecule has 64 valence electrons. The Bertz CT molecular complexity index is 509. The quantitative estimate of drug-likeness (QED) is 0.685. The van der Waals surface area contributed by atoms with E-state index < -0.39 is 0 Å². The average molecular weight is 237 g/mol. The van der Waals surface area contributed by atoms with Crippen LogP contribution in [-0.4, -0.2) is 9.97 Å². The van der Waals surface area contributed by atoms with Crippen molar-refractivity contribution in [2.45, 2.75) is 0 Å². The van der Waals surface area contributed by atoms with Crippen LogP contribution in [0.3, 0.4) is 0 Å². The van der Waals surface area contributed by atoms with Crippen LogP contribution in [0, 0.1) is 11.3 Å². The zero-order valence-electron chi connectivity index (χ0n) is 6.50. The topological polar surface area (TPSA) is 78.5 Å². The Morgan fingerprint density at radius 2 is 2.31 bits per heavy atom. The van der Waals surface area contributed by atoms with Gasteiger partial charge in [0.25, 0.3) is 0 Å². The number of nitriles is 1. The van der Waals surface area contributed by atoms with Crippen molar-refractivity contribution in [3.63, 3.8) is 0 Å². The molecule has 0 aliphatic rings. The van der Waals surface area contributed by atoms with Gasteiger partial charge in [0.2, 0.25) is 0 Å². The third-order valence-corrected chi connectivity index (χ3v) is 2.19. The lowest BCUT2D eigenvalue weighted by molar-refractivity contribution is 1.35. The monoisotopic (exact) mass is 236 g/mol. The Hall–Kier alpha value is -1.54. The summed E-state index contributed by atoms with van der Waals surface area (Å²) in [5.41, 5.74) is 7.36. The molecule has 0 unspecified atom stereocenters. The molecule has 2 heterocycles. The minimum Gasteiger partial charge on any atom is -0.384 e. The molecule has 0 aliphatic heterocycles. The third kappa shape index (κ3) is 1.15. The van der Waals surface area contributed by atoms with Gasteiger partial charge in [0.1, 0.15) is 27.6 Å². The van der Waals surface area contributed by atoms with Gasteiger partial charge in [0.05, 0.1) is 5.52 Å². The Balaban J connectivity index is 2.91. The van der Waals surface area contributed by atoms with E-state index in [2.05, 4.69) is 25.9 Å². The van der Waals surface area contributed by atoms with Gasteiger partial charge in [-0.25, -0.2) is 4.98 Å². The Labute approximate surface area is 82.5 Å². The largest absolute Gasteiger partial charge is 0.384 e. The summed E-state index contributed by atoms with van der Waals surface area (Å²) in [6, 6.07) is 5.62. The van der Waals surface area contributed by atoms with Crippen LogP contribution in [0.1, 0.15) is 5.56 Å². The van der Waals surface area contributed by atoms with Crippen LogP contribution < -0.4 is 5.73 Å². The van der Waals surface area contributed by atoms with Crippen molar-refractivity contribution in [1.29, 1.82) is 5.26 Å². The standard InChI is InChI=1S/C8H5BrN4/c9-6-2-1-5-7(13-6)4(3-10)8(11)12-5/h1-2,12H,11H2. The summed E-state index contributed by atoms with van der Waals surface area (Å²) in [7, 11) is 0. The minimum atomic E-state index is 0.364. The smallest absolute Gasteiger partial charge is 0.121 e. The molecule has 2 rings (SSSR count). The molecule has 0 atom stereocenters. The molecule has 2 aromatic heterocycles. The minimum absolute atomic E-state index is 0.364. The first-order valence-electron chi connectivity index (χ1n) is 3.56. The number of aromatic amines is 1. The maximum Gasteiger partial charge on any atom is 0.121 e. The normalized spacial score (nSPS) is 10.2. The second-order valence-corrected chi connectivity index (χ2v) is 3.37. The van der Waals surface area contributed by atoms with Gasteiger partial charge in [-0.3, -0.25) is 0 Å². The second kappa shape index (κ2) is 2.75. The van der Waals surface area contributed by atoms with E-state index in [0.717, 1.165) is 5.52 Å². The van der Waals surface area contributed by atoms with E-state index >= 15 is 0 Å². The number of nitrogens with zero attached hydrogens (tertiary/aromatic N) is 2. The van der Waals surface area contributed by atoms with Crippen molar-refractivity contribution >= 4 is 32.8 Å². The summed E-state index contributed by atoms with van der Waals surface area (Å²) in [6.45, 7) is 0. The van der Waals surface area contributed by atoms with Crippen LogP contribution in [0.15, 0.2) is 16.7 Å². The van der Waals surface area contributed by atoms with Crippen molar-refractivity contribution in [2.24, 2.45) is 0 Å². The second-order valence-electron chi connectivity index (χ2n) is 2.56. The van der Waals surface area contributed by atoms with Crippen molar-refractivity contribution in [3.05, 3.63) is 22.3 Å². The van der Waals surface area contributed by atoms with E-state index in [9.17, 15) is 0 Å². The van der Waals surface area contributed by atoms with Gasteiger partial charge in [-0.05, 0) is 28.1 Å². The summed E-state index contributed by atoms with van der Waals surface area (Å²) >= 11 is 3.23. The maximum atomic E-state index is 8.79. The van der Waals surface area contributed by atoms with E-state index in [1.54, 1.807) is 6.07 Å². The molecule has 13 heavy (non-hydrogen) atoms. The number of fused-ring (bicyclic) bond motifs is 1. The van der Waals surface area contributed by atoms with E-state index in [1.807, 2.05) is 12.1 Å². The van der Waals surface area contributed by atoms with Crippen LogP contribution in [0.4, 0.5) is 5.82 Å². The van der Waals surface area contributed by atoms with Crippen LogP contribution in [0.2, 0.25) is 0 Å². The van der Waals surface area contributed by atoms with Gasteiger partial charge in [0.15, 0.2) is 0 Å². The molecule has 0 spiro atoms. The number of halogens is 1. The van der Waals surface area contributed by atoms with Crippen molar-refractivity contribution in [3.8, 4) is 6.07 Å². The molecule has 0 saturated heterocycles. The fourth-order valence-corrected chi connectivity index (χ4v) is 1.48. The Morgan fingerprint density at radius 3 is 3.00 bits per heavy atom. The van der Waals surface area contributed by atoms with Gasteiger partial charge >= 0.3 is 0 Å². The van der Waals surface area contributed by atoms with Gasteiger partial charge in [-0.15, -0.1) is 0 Å². The number of pyridine rings is 1. The zero-order valence-corrected chi connectivity index (χ0v) is 8.09. The van der Waals surface area contributed by atoms with Crippen LogP contribution >= 0.6 is 15.9 Å². The molecule has 5 heteroatoms. The Kier molecular flexibility index (Phi) is 1.71. The third-order valence-electron chi connectivity index (χ3n) is 1.75. The first-order valence-corrected chi connectivity index (χ1v) is 4.35. The summed E-state index contributed by atoms with van der Waals surface area (Å²) in [5.74, 6) is 0.364. The summed E-state index contributed by atoms with van der Waals surface area (Å²) < 4.78 is 0.690. The highest BCUT2D eigenvalue weighted by Gasteiger charge is 2.09. The number of nitrogens with one attached hydrogen (secondary N) is 1. The molecule has 0 aromatic carbocycles. The maximum absolute atomic E-state index is 8.79. The van der Waals surface area contributed by atoms with Gasteiger partial charge < -0.3 is 10.7 Å². The number of nitrogen functional groups attached to an aromatic ring is 1. The molecule has 0 fully saturated rings. The van der Waals surface area contributed by atoms with Crippen molar-refractivity contribution in [1.82, 2.24) is 9.97 Å². The van der Waals surface area contributed by atoms with E-state index in [0.29, 0.717) is 21.5 Å². The molecule has 0 radical (unpaired) electrons. The number of rotatable bonds is 0. The number of hydrogen-bond donors (Lipinski definition) is 2. The highest BCUT2D eigenvalue weighted by Crippen LogP contribution is 2.22. The van der Waals surface area contributed by atoms with Crippen LogP contribution in [0.25, 0.3) is 11.0 Å². The summed E-state index contributed by atoms with van der Waals surface area (Å²) in [4.78, 5) is 7.03. The molecule has 0 amide bonds. The first kappa shape index (κ1) is 8.08. The molecule has 4 nitrogen and oxygen atoms in total. The molecule has 3 N–H and O–H groups in total. The first-order chi connectivity index (χ1) is 6.22. The SMILES string of the molecule is N#Cc1c(N)[nH]c2ccc(Br)nc12. The fraction of sp³-hybridized carbons (Fsp3) is 0. The zero-order chi connectivity index (χ0) is 9.42. The average Bonchev–Trinajstić information content (AvgIpc) is 2.40. The molecule has 0 bridgehead atoms. The molecular formula is C8H5BrN4. The highest BCUT2D eigenvalue weighted by molar-refractivity contribution is 9.10. The Morgan fingerprint density at radius 1 is 1.54 bits per heavy atom. The summed E-state index contributed by atoms with van der Waals surface area (Å²) in [6.07, 6.45) is 0. The van der Waals surface area contributed by atoms with E-state index in [-0.39, 0.29) is 0 Å². The predicted molar refractivity (Wildman–Crippen MR) is 52.9 cm³/mol. The lowest BCUT2D eigenvalue weighted by atomic mass is 10.3. The van der Waals surface area contributed by atoms with E-state index in [4.69, 9.17) is 11.0 Å². The van der Waals surface area contributed by atoms with Gasteiger partial charge in [-0.1, -0.05) is 0 Å². The molecular weight excluding hydrogens is 232 g/mol. The number of H-pyrrole nitrogens is 1. The van der Waals surface area contributed by atoms with E-state index in [1.165, 1.54) is 0 Å². The lowest BCUT2D eigenvalue weighted by Crippen LogP contribution is -1.86. The fourth-order valence-electron chi connectivity index (χ4n) is 1.18.